The molecule has 0 bridgehead atoms. The van der Waals surface area contributed by atoms with Gasteiger partial charge in [-0.25, -0.2) is 4.98 Å². The van der Waals surface area contributed by atoms with Crippen molar-refractivity contribution in [1.29, 1.82) is 0 Å². The molecule has 0 fully saturated rings. The van der Waals surface area contributed by atoms with Gasteiger partial charge in [0.15, 0.2) is 0 Å². The summed E-state index contributed by atoms with van der Waals surface area (Å²) in [6.07, 6.45) is 0.880. The molecule has 1 heterocycles. The number of fused-ring (bicyclic) bond motifs is 2. The Morgan fingerprint density at radius 2 is 1.56 bits per heavy atom. The summed E-state index contributed by atoms with van der Waals surface area (Å²) in [4.78, 5) is 7.16. The average molecular weight is 538 g/mol. The largest absolute Gasteiger partial charge is 0.481 e. The van der Waals surface area contributed by atoms with Crippen molar-refractivity contribution in [2.75, 3.05) is 27.7 Å². The van der Waals surface area contributed by atoms with Crippen LogP contribution in [0.3, 0.4) is 0 Å². The van der Waals surface area contributed by atoms with Crippen molar-refractivity contribution in [2.24, 2.45) is 0 Å². The quantitative estimate of drug-likeness (QED) is 0.196. The number of nitrogens with zero attached hydrogens (tertiary/aromatic N) is 2. The van der Waals surface area contributed by atoms with Crippen molar-refractivity contribution >= 4 is 48.8 Å². The van der Waals surface area contributed by atoms with Crippen molar-refractivity contribution in [3.8, 4) is 5.88 Å². The smallest absolute Gasteiger partial charge is 0.221 e. The van der Waals surface area contributed by atoms with Crippen LogP contribution in [0.1, 0.15) is 23.1 Å². The van der Waals surface area contributed by atoms with Gasteiger partial charge >= 0.3 is 0 Å². The van der Waals surface area contributed by atoms with Crippen molar-refractivity contribution in [2.45, 2.75) is 6.42 Å². The third-order valence-electron chi connectivity index (χ3n) is 6.49. The van der Waals surface area contributed by atoms with Crippen molar-refractivity contribution < 1.29 is 4.74 Å². The van der Waals surface area contributed by atoms with Crippen molar-refractivity contribution in [3.63, 3.8) is 0 Å². The van der Waals surface area contributed by atoms with Crippen LogP contribution < -0.4 is 4.74 Å². The maximum atomic E-state index is 5.92. The minimum absolute atomic E-state index is 0.631. The van der Waals surface area contributed by atoms with Gasteiger partial charge in [0.2, 0.25) is 5.88 Å². The molecule has 0 radical (unpaired) electrons. The number of rotatable bonds is 7. The topological polar surface area (TPSA) is 25.4 Å². The summed E-state index contributed by atoms with van der Waals surface area (Å²) >= 11 is 3.63. The summed E-state index contributed by atoms with van der Waals surface area (Å²) in [6, 6.07) is 34.2. The summed E-state index contributed by atoms with van der Waals surface area (Å²) in [5.74, 6) is 0.631. The number of ether oxygens (including phenoxy) is 1. The van der Waals surface area contributed by atoms with E-state index < -0.39 is 0 Å². The number of aromatic nitrogens is 1. The second kappa shape index (κ2) is 10.7. The maximum absolute atomic E-state index is 5.92. The Labute approximate surface area is 221 Å². The SMILES string of the molecule is COc1nc2ccc(Br)cc2cc1C(=C(CCN(C)C)c1cccc2ccccc12)c1ccccc1. The summed E-state index contributed by atoms with van der Waals surface area (Å²) in [7, 11) is 5.95. The minimum Gasteiger partial charge on any atom is -0.481 e. The fourth-order valence-electron chi connectivity index (χ4n) is 4.78. The summed E-state index contributed by atoms with van der Waals surface area (Å²) in [5, 5.41) is 3.55. The van der Waals surface area contributed by atoms with Crippen LogP contribution in [-0.4, -0.2) is 37.6 Å². The van der Waals surface area contributed by atoms with Gasteiger partial charge in [0.05, 0.1) is 12.6 Å². The predicted molar refractivity (Wildman–Crippen MR) is 155 cm³/mol. The van der Waals surface area contributed by atoms with E-state index in [1.807, 2.05) is 12.1 Å². The first kappa shape index (κ1) is 24.2. The van der Waals surface area contributed by atoms with Gasteiger partial charge in [-0.15, -0.1) is 0 Å². The van der Waals surface area contributed by atoms with E-state index >= 15 is 0 Å². The number of hydrogen-bond donors (Lipinski definition) is 0. The van der Waals surface area contributed by atoms with Crippen LogP contribution in [0.15, 0.2) is 102 Å². The molecule has 36 heavy (non-hydrogen) atoms. The van der Waals surface area contributed by atoms with E-state index in [4.69, 9.17) is 9.72 Å². The molecule has 0 unspecified atom stereocenters. The fourth-order valence-corrected chi connectivity index (χ4v) is 5.16. The van der Waals surface area contributed by atoms with E-state index in [9.17, 15) is 0 Å². The first-order valence-electron chi connectivity index (χ1n) is 12.1. The van der Waals surface area contributed by atoms with Gasteiger partial charge in [0, 0.05) is 22.0 Å². The Balaban J connectivity index is 1.90. The number of methoxy groups -OCH3 is 1. The lowest BCUT2D eigenvalue weighted by atomic mass is 9.86. The standard InChI is InChI=1S/C32H29BrN2O/c1-35(2)19-18-28(27-15-9-13-22-10-7-8-14-26(22)27)31(23-11-5-4-6-12-23)29-21-24-20-25(33)16-17-30(24)34-32(29)36-3/h4-17,20-21H,18-19H2,1-3H3. The molecule has 0 N–H and O–H groups in total. The molecule has 0 aliphatic heterocycles. The lowest BCUT2D eigenvalue weighted by Crippen LogP contribution is -2.14. The van der Waals surface area contributed by atoms with Crippen LogP contribution in [-0.2, 0) is 0 Å². The molecule has 5 rings (SSSR count). The zero-order valence-corrected chi connectivity index (χ0v) is 22.4. The van der Waals surface area contributed by atoms with Crippen molar-refractivity contribution in [1.82, 2.24) is 9.88 Å². The van der Waals surface area contributed by atoms with Gasteiger partial charge in [-0.05, 0) is 77.8 Å². The van der Waals surface area contributed by atoms with Gasteiger partial charge in [-0.2, -0.15) is 0 Å². The summed E-state index contributed by atoms with van der Waals surface area (Å²) in [6.45, 7) is 0.920. The molecule has 0 amide bonds. The first-order chi connectivity index (χ1) is 17.5. The third-order valence-corrected chi connectivity index (χ3v) is 6.99. The molecule has 1 aromatic heterocycles. The van der Waals surface area contributed by atoms with Gasteiger partial charge in [-0.1, -0.05) is 88.7 Å². The number of benzene rings is 4. The zero-order valence-electron chi connectivity index (χ0n) is 20.8. The lowest BCUT2D eigenvalue weighted by molar-refractivity contribution is 0.398. The molecule has 0 saturated carbocycles. The molecule has 0 aliphatic rings. The second-order valence-corrected chi connectivity index (χ2v) is 10.1. The number of hydrogen-bond acceptors (Lipinski definition) is 3. The number of pyridine rings is 1. The summed E-state index contributed by atoms with van der Waals surface area (Å²) in [5.41, 5.74) is 6.72. The molecule has 5 aromatic rings. The van der Waals surface area contributed by atoms with E-state index in [0.717, 1.165) is 45.0 Å². The molecule has 4 heteroatoms. The maximum Gasteiger partial charge on any atom is 0.221 e. The Bertz CT molecular complexity index is 1550. The van der Waals surface area contributed by atoms with Crippen LogP contribution in [0.4, 0.5) is 0 Å². The van der Waals surface area contributed by atoms with Crippen LogP contribution in [0.2, 0.25) is 0 Å². The van der Waals surface area contributed by atoms with Crippen molar-refractivity contribution in [3.05, 3.63) is 118 Å². The van der Waals surface area contributed by atoms with E-state index in [-0.39, 0.29) is 0 Å². The van der Waals surface area contributed by atoms with Gasteiger partial charge < -0.3 is 9.64 Å². The number of halogens is 1. The lowest BCUT2D eigenvalue weighted by Gasteiger charge is -2.22. The highest BCUT2D eigenvalue weighted by molar-refractivity contribution is 9.10. The molecule has 180 valence electrons. The predicted octanol–water partition coefficient (Wildman–Crippen LogP) is 8.07. The monoisotopic (exact) mass is 536 g/mol. The highest BCUT2D eigenvalue weighted by atomic mass is 79.9. The van der Waals surface area contributed by atoms with Gasteiger partial charge in [-0.3, -0.25) is 0 Å². The van der Waals surface area contributed by atoms with Crippen LogP contribution in [0.5, 0.6) is 5.88 Å². The Morgan fingerprint density at radius 1 is 0.806 bits per heavy atom. The average Bonchev–Trinajstić information content (AvgIpc) is 2.90. The molecule has 4 aromatic carbocycles. The van der Waals surface area contributed by atoms with Crippen LogP contribution in [0.25, 0.3) is 32.8 Å². The molecule has 0 spiro atoms. The molecule has 0 atom stereocenters. The van der Waals surface area contributed by atoms with E-state index in [2.05, 4.69) is 120 Å². The van der Waals surface area contributed by atoms with Gasteiger partial charge in [0.1, 0.15) is 0 Å². The van der Waals surface area contributed by atoms with Crippen LogP contribution in [0, 0.1) is 0 Å². The molecule has 3 nitrogen and oxygen atoms in total. The Hall–Kier alpha value is -3.47. The van der Waals surface area contributed by atoms with Gasteiger partial charge in [0.25, 0.3) is 0 Å². The molecule has 0 saturated heterocycles. The van der Waals surface area contributed by atoms with E-state index in [0.29, 0.717) is 5.88 Å². The third kappa shape index (κ3) is 4.92. The zero-order chi connectivity index (χ0) is 25.1. The molecular formula is C32H29BrN2O. The normalized spacial score (nSPS) is 12.2. The van der Waals surface area contributed by atoms with E-state index in [1.54, 1.807) is 7.11 Å². The first-order valence-corrected chi connectivity index (χ1v) is 12.9. The highest BCUT2D eigenvalue weighted by Gasteiger charge is 2.21. The second-order valence-electron chi connectivity index (χ2n) is 9.18. The summed E-state index contributed by atoms with van der Waals surface area (Å²) < 4.78 is 6.95. The Kier molecular flexibility index (Phi) is 7.17. The van der Waals surface area contributed by atoms with E-state index in [1.165, 1.54) is 21.9 Å². The highest BCUT2D eigenvalue weighted by Crippen LogP contribution is 2.41. The van der Waals surface area contributed by atoms with Crippen LogP contribution >= 0.6 is 15.9 Å². The fraction of sp³-hybridized carbons (Fsp3) is 0.156. The minimum atomic E-state index is 0.631. The Morgan fingerprint density at radius 3 is 2.33 bits per heavy atom. The molecule has 0 aliphatic carbocycles. The molecular weight excluding hydrogens is 508 g/mol.